The third kappa shape index (κ3) is 2.40. The molecule has 0 fully saturated rings. The Morgan fingerprint density at radius 1 is 0.500 bits per heavy atom. The highest BCUT2D eigenvalue weighted by atomic mass is 31.1. The predicted molar refractivity (Wildman–Crippen MR) is 100 cm³/mol. The lowest BCUT2D eigenvalue weighted by atomic mass is 10.1. The Labute approximate surface area is 132 Å². The fourth-order valence-corrected chi connectivity index (χ4v) is 4.48. The van der Waals surface area contributed by atoms with Crippen LogP contribution < -0.4 is 10.6 Å². The van der Waals surface area contributed by atoms with Crippen LogP contribution in [0.2, 0.25) is 0 Å². The number of fused-ring (bicyclic) bond motifs is 2. The first kappa shape index (κ1) is 13.5. The summed E-state index contributed by atoms with van der Waals surface area (Å²) in [5.41, 5.74) is 0. The van der Waals surface area contributed by atoms with Gasteiger partial charge in [0.25, 0.3) is 0 Å². The van der Waals surface area contributed by atoms with Crippen LogP contribution >= 0.6 is 7.92 Å². The molecular formula is C21H17P. The van der Waals surface area contributed by atoms with Gasteiger partial charge in [0.15, 0.2) is 0 Å². The molecule has 4 aromatic rings. The molecule has 1 heteroatoms. The van der Waals surface area contributed by atoms with Crippen molar-refractivity contribution in [3.8, 4) is 0 Å². The van der Waals surface area contributed by atoms with Crippen LogP contribution in [0.15, 0.2) is 84.9 Å². The van der Waals surface area contributed by atoms with Gasteiger partial charge in [-0.25, -0.2) is 0 Å². The average Bonchev–Trinajstić information content (AvgIpc) is 2.60. The highest BCUT2D eigenvalue weighted by molar-refractivity contribution is 7.72. The molecule has 4 rings (SSSR count). The van der Waals surface area contributed by atoms with Crippen molar-refractivity contribution in [1.82, 2.24) is 0 Å². The van der Waals surface area contributed by atoms with E-state index in [4.69, 9.17) is 0 Å². The minimum atomic E-state index is -0.317. The predicted octanol–water partition coefficient (Wildman–Crippen LogP) is 5.06. The molecule has 0 spiro atoms. The van der Waals surface area contributed by atoms with E-state index in [2.05, 4.69) is 91.6 Å². The van der Waals surface area contributed by atoms with Crippen LogP contribution in [-0.2, 0) is 0 Å². The molecule has 0 bridgehead atoms. The zero-order valence-electron chi connectivity index (χ0n) is 12.5. The summed E-state index contributed by atoms with van der Waals surface area (Å²) in [6, 6.07) is 30.9. The van der Waals surface area contributed by atoms with Crippen LogP contribution in [0.5, 0.6) is 0 Å². The number of hydrogen-bond donors (Lipinski definition) is 0. The molecule has 0 aromatic heterocycles. The van der Waals surface area contributed by atoms with Gasteiger partial charge in [0, 0.05) is 0 Å². The quantitative estimate of drug-likeness (QED) is 0.454. The van der Waals surface area contributed by atoms with Gasteiger partial charge in [-0.2, -0.15) is 0 Å². The lowest BCUT2D eigenvalue weighted by Crippen LogP contribution is -2.10. The topological polar surface area (TPSA) is 0 Å². The first-order valence-electron chi connectivity index (χ1n) is 7.53. The molecule has 0 aliphatic heterocycles. The summed E-state index contributed by atoms with van der Waals surface area (Å²) in [7, 11) is -0.317. The molecule has 0 radical (unpaired) electrons. The minimum Gasteiger partial charge on any atom is -0.0616 e. The van der Waals surface area contributed by atoms with Crippen molar-refractivity contribution in [2.75, 3.05) is 6.66 Å². The van der Waals surface area contributed by atoms with Gasteiger partial charge in [0.1, 0.15) is 0 Å². The molecule has 0 unspecified atom stereocenters. The van der Waals surface area contributed by atoms with Gasteiger partial charge in [-0.05, 0) is 58.9 Å². The van der Waals surface area contributed by atoms with Crippen LogP contribution in [0, 0.1) is 0 Å². The summed E-state index contributed by atoms with van der Waals surface area (Å²) in [5.74, 6) is 0. The largest absolute Gasteiger partial charge is 0.0616 e. The Bertz CT molecular complexity index is 876. The second-order valence-electron chi connectivity index (χ2n) is 5.62. The Hall–Kier alpha value is -2.17. The maximum Gasteiger partial charge on any atom is -0.0178 e. The van der Waals surface area contributed by atoms with Crippen molar-refractivity contribution in [3.63, 3.8) is 0 Å². The van der Waals surface area contributed by atoms with Crippen molar-refractivity contribution in [2.45, 2.75) is 0 Å². The first-order valence-corrected chi connectivity index (χ1v) is 9.31. The summed E-state index contributed by atoms with van der Waals surface area (Å²) in [6.07, 6.45) is 0. The molecule has 0 saturated heterocycles. The number of benzene rings is 4. The van der Waals surface area contributed by atoms with Crippen LogP contribution in [0.1, 0.15) is 0 Å². The molecule has 0 N–H and O–H groups in total. The molecule has 0 aliphatic carbocycles. The molecule has 106 valence electrons. The number of rotatable bonds is 2. The lowest BCUT2D eigenvalue weighted by Gasteiger charge is -2.15. The van der Waals surface area contributed by atoms with E-state index < -0.39 is 0 Å². The van der Waals surface area contributed by atoms with Crippen molar-refractivity contribution in [3.05, 3.63) is 84.9 Å². The van der Waals surface area contributed by atoms with Crippen LogP contribution in [0.4, 0.5) is 0 Å². The number of hydrogen-bond acceptors (Lipinski definition) is 0. The second-order valence-corrected chi connectivity index (χ2v) is 7.77. The van der Waals surface area contributed by atoms with E-state index in [0.29, 0.717) is 0 Å². The van der Waals surface area contributed by atoms with Crippen LogP contribution in [0.3, 0.4) is 0 Å². The van der Waals surface area contributed by atoms with Gasteiger partial charge in [0.2, 0.25) is 0 Å². The van der Waals surface area contributed by atoms with Gasteiger partial charge in [-0.1, -0.05) is 72.8 Å². The van der Waals surface area contributed by atoms with Crippen LogP contribution in [-0.4, -0.2) is 6.66 Å². The van der Waals surface area contributed by atoms with Crippen molar-refractivity contribution in [1.29, 1.82) is 0 Å². The van der Waals surface area contributed by atoms with Gasteiger partial charge in [0.05, 0.1) is 0 Å². The second kappa shape index (κ2) is 5.55. The molecule has 0 aliphatic rings. The van der Waals surface area contributed by atoms with E-state index in [9.17, 15) is 0 Å². The van der Waals surface area contributed by atoms with Gasteiger partial charge in [-0.15, -0.1) is 0 Å². The first-order chi connectivity index (χ1) is 10.8. The molecule has 0 nitrogen and oxygen atoms in total. The fourth-order valence-electron chi connectivity index (χ4n) is 2.92. The molecular weight excluding hydrogens is 283 g/mol. The maximum absolute atomic E-state index is 2.35. The van der Waals surface area contributed by atoms with E-state index in [-0.39, 0.29) is 7.92 Å². The Kier molecular flexibility index (Phi) is 3.41. The highest BCUT2D eigenvalue weighted by Gasteiger charge is 2.09. The Morgan fingerprint density at radius 3 is 1.36 bits per heavy atom. The smallest absolute Gasteiger partial charge is 0.0178 e. The summed E-state index contributed by atoms with van der Waals surface area (Å²) < 4.78 is 0. The third-order valence-corrected chi connectivity index (χ3v) is 6.35. The maximum atomic E-state index is 2.35. The van der Waals surface area contributed by atoms with E-state index in [0.717, 1.165) is 0 Å². The Morgan fingerprint density at radius 2 is 0.909 bits per heavy atom. The summed E-state index contributed by atoms with van der Waals surface area (Å²) in [5, 5.41) is 8.15. The SMILES string of the molecule is CP(c1ccc2ccccc2c1)c1ccc2ccccc2c1. The van der Waals surface area contributed by atoms with Crippen LogP contribution in [0.25, 0.3) is 21.5 Å². The van der Waals surface area contributed by atoms with E-state index in [1.807, 2.05) is 0 Å². The minimum absolute atomic E-state index is 0.317. The van der Waals surface area contributed by atoms with E-state index in [1.165, 1.54) is 32.2 Å². The zero-order valence-corrected chi connectivity index (χ0v) is 13.4. The fraction of sp³-hybridized carbons (Fsp3) is 0.0476. The normalized spacial score (nSPS) is 11.4. The van der Waals surface area contributed by atoms with Crippen molar-refractivity contribution < 1.29 is 0 Å². The monoisotopic (exact) mass is 300 g/mol. The molecule has 0 amide bonds. The van der Waals surface area contributed by atoms with E-state index in [1.54, 1.807) is 0 Å². The Balaban J connectivity index is 1.78. The summed E-state index contributed by atoms with van der Waals surface area (Å²) >= 11 is 0. The summed E-state index contributed by atoms with van der Waals surface area (Å²) in [6.45, 7) is 2.35. The average molecular weight is 300 g/mol. The van der Waals surface area contributed by atoms with Crippen molar-refractivity contribution >= 4 is 40.1 Å². The lowest BCUT2D eigenvalue weighted by molar-refractivity contribution is 1.77. The van der Waals surface area contributed by atoms with Crippen molar-refractivity contribution in [2.24, 2.45) is 0 Å². The third-order valence-electron chi connectivity index (χ3n) is 4.24. The highest BCUT2D eigenvalue weighted by Crippen LogP contribution is 2.31. The van der Waals surface area contributed by atoms with Gasteiger partial charge in [-0.3, -0.25) is 0 Å². The van der Waals surface area contributed by atoms with Gasteiger partial charge < -0.3 is 0 Å². The van der Waals surface area contributed by atoms with E-state index >= 15 is 0 Å². The molecule has 4 aromatic carbocycles. The summed E-state index contributed by atoms with van der Waals surface area (Å²) in [4.78, 5) is 0. The molecule has 0 heterocycles. The standard InChI is InChI=1S/C21H17P/c1-22(20-12-10-16-6-2-4-8-18(16)14-20)21-13-11-17-7-3-5-9-19(17)15-21/h2-15H,1H3. The molecule has 22 heavy (non-hydrogen) atoms. The van der Waals surface area contributed by atoms with Gasteiger partial charge >= 0.3 is 0 Å². The molecule has 0 atom stereocenters. The zero-order chi connectivity index (χ0) is 14.9. The molecule has 0 saturated carbocycles.